The number of hydrogen-bond donors (Lipinski definition) is 2. The number of amides is 1. The van der Waals surface area contributed by atoms with Gasteiger partial charge in [-0.25, -0.2) is 35.9 Å². The lowest BCUT2D eigenvalue weighted by Crippen LogP contribution is -2.47. The highest BCUT2D eigenvalue weighted by atomic mass is 32.2. The number of nitrogens with zero attached hydrogens (tertiary/aromatic N) is 3. The normalized spacial score (nSPS) is 12.6. The third-order valence-electron chi connectivity index (χ3n) is 4.63. The van der Waals surface area contributed by atoms with Crippen LogP contribution < -0.4 is 14.3 Å². The van der Waals surface area contributed by atoms with E-state index in [9.17, 15) is 26.0 Å². The third-order valence-corrected chi connectivity index (χ3v) is 7.16. The van der Waals surface area contributed by atoms with Gasteiger partial charge in [-0.05, 0) is 61.0 Å². The zero-order valence-corrected chi connectivity index (χ0v) is 19.8. The van der Waals surface area contributed by atoms with Crippen molar-refractivity contribution in [3.63, 3.8) is 0 Å². The highest BCUT2D eigenvalue weighted by Gasteiger charge is 2.31. The Kier molecular flexibility index (Phi) is 7.47. The van der Waals surface area contributed by atoms with Crippen molar-refractivity contribution in [3.8, 4) is 0 Å². The van der Waals surface area contributed by atoms with Gasteiger partial charge in [-0.3, -0.25) is 9.10 Å². The van der Waals surface area contributed by atoms with Crippen molar-refractivity contribution in [2.45, 2.75) is 24.3 Å². The molecule has 10 nitrogen and oxygen atoms in total. The Balaban J connectivity index is 1.79. The standard InChI is InChI=1S/C21H22FN5O5S2/c1-3-19(27(33(2,29)30)17-9-5-15(22)6-10-17)20(28)25-16-7-11-18(12-8-16)34(31,32)26-21-23-13-4-14-24-21/h4-14,19H,3H2,1-2H3,(H,25,28)(H,23,24,26)/t19-/m0/s1. The van der Waals surface area contributed by atoms with Crippen molar-refractivity contribution in [2.75, 3.05) is 20.6 Å². The fourth-order valence-electron chi connectivity index (χ4n) is 3.12. The number of carbonyl (C=O) groups excluding carboxylic acids is 1. The van der Waals surface area contributed by atoms with Gasteiger partial charge in [-0.15, -0.1) is 0 Å². The van der Waals surface area contributed by atoms with Crippen molar-refractivity contribution < 1.29 is 26.0 Å². The summed E-state index contributed by atoms with van der Waals surface area (Å²) >= 11 is 0. The van der Waals surface area contributed by atoms with Gasteiger partial charge < -0.3 is 5.32 Å². The van der Waals surface area contributed by atoms with Gasteiger partial charge in [0.25, 0.3) is 10.0 Å². The Morgan fingerprint density at radius 1 is 1.00 bits per heavy atom. The summed E-state index contributed by atoms with van der Waals surface area (Å²) in [6.07, 6.45) is 3.86. The molecule has 3 rings (SSSR count). The summed E-state index contributed by atoms with van der Waals surface area (Å²) in [4.78, 5) is 20.5. The number of aromatic nitrogens is 2. The molecule has 0 bridgehead atoms. The molecule has 1 heterocycles. The molecule has 0 spiro atoms. The average molecular weight is 508 g/mol. The van der Waals surface area contributed by atoms with E-state index in [1.807, 2.05) is 0 Å². The largest absolute Gasteiger partial charge is 0.324 e. The minimum atomic E-state index is -3.96. The fourth-order valence-corrected chi connectivity index (χ4v) is 5.29. The van der Waals surface area contributed by atoms with E-state index in [1.54, 1.807) is 13.0 Å². The second kappa shape index (κ2) is 10.1. The SMILES string of the molecule is CC[C@@H](C(=O)Nc1ccc(S(=O)(=O)Nc2ncccn2)cc1)N(c1ccc(F)cc1)S(C)(=O)=O. The van der Waals surface area contributed by atoms with Crippen LogP contribution in [0.2, 0.25) is 0 Å². The zero-order chi connectivity index (χ0) is 24.9. The molecular formula is C21H22FN5O5S2. The van der Waals surface area contributed by atoms with Crippen LogP contribution in [0.25, 0.3) is 0 Å². The molecule has 2 N–H and O–H groups in total. The van der Waals surface area contributed by atoms with E-state index >= 15 is 0 Å². The molecule has 1 amide bonds. The summed E-state index contributed by atoms with van der Waals surface area (Å²) in [7, 11) is -7.84. The van der Waals surface area contributed by atoms with Crippen LogP contribution in [0.1, 0.15) is 13.3 Å². The first-order chi connectivity index (χ1) is 16.0. The number of rotatable bonds is 9. The summed E-state index contributed by atoms with van der Waals surface area (Å²) in [5, 5.41) is 2.60. The van der Waals surface area contributed by atoms with E-state index in [0.717, 1.165) is 22.7 Å². The number of hydrogen-bond acceptors (Lipinski definition) is 7. The molecule has 0 unspecified atom stereocenters. The van der Waals surface area contributed by atoms with Crippen LogP contribution in [0.4, 0.5) is 21.7 Å². The first kappa shape index (κ1) is 25.1. The van der Waals surface area contributed by atoms with Crippen LogP contribution in [0.5, 0.6) is 0 Å². The lowest BCUT2D eigenvalue weighted by molar-refractivity contribution is -0.117. The van der Waals surface area contributed by atoms with E-state index in [4.69, 9.17) is 0 Å². The van der Waals surface area contributed by atoms with Crippen LogP contribution in [-0.2, 0) is 24.8 Å². The summed E-state index contributed by atoms with van der Waals surface area (Å²) < 4.78 is 66.4. The molecule has 0 aliphatic rings. The predicted molar refractivity (Wildman–Crippen MR) is 126 cm³/mol. The van der Waals surface area contributed by atoms with Crippen LogP contribution in [-0.4, -0.2) is 45.0 Å². The molecule has 0 aliphatic heterocycles. The Morgan fingerprint density at radius 2 is 1.59 bits per heavy atom. The maximum absolute atomic E-state index is 13.3. The third kappa shape index (κ3) is 6.05. The molecule has 34 heavy (non-hydrogen) atoms. The van der Waals surface area contributed by atoms with Gasteiger partial charge >= 0.3 is 0 Å². The number of nitrogens with one attached hydrogen (secondary N) is 2. The van der Waals surface area contributed by atoms with Gasteiger partial charge in [0.1, 0.15) is 11.9 Å². The lowest BCUT2D eigenvalue weighted by atomic mass is 10.2. The minimum Gasteiger partial charge on any atom is -0.324 e. The van der Waals surface area contributed by atoms with Gasteiger partial charge in [-0.1, -0.05) is 6.92 Å². The molecular weight excluding hydrogens is 485 g/mol. The predicted octanol–water partition coefficient (Wildman–Crippen LogP) is 2.60. The Bertz CT molecular complexity index is 1350. The maximum Gasteiger partial charge on any atom is 0.264 e. The van der Waals surface area contributed by atoms with Crippen LogP contribution >= 0.6 is 0 Å². The quantitative estimate of drug-likeness (QED) is 0.454. The number of carbonyl (C=O) groups is 1. The van der Waals surface area contributed by atoms with E-state index in [1.165, 1.54) is 48.8 Å². The Hall–Kier alpha value is -3.58. The molecule has 1 aromatic heterocycles. The van der Waals surface area contributed by atoms with Gasteiger partial charge in [-0.2, -0.15) is 0 Å². The van der Waals surface area contributed by atoms with Crippen molar-refractivity contribution >= 4 is 43.3 Å². The number of benzene rings is 2. The monoisotopic (exact) mass is 507 g/mol. The minimum absolute atomic E-state index is 0.0888. The van der Waals surface area contributed by atoms with Gasteiger partial charge in [0, 0.05) is 18.1 Å². The van der Waals surface area contributed by atoms with Crippen LogP contribution in [0.3, 0.4) is 0 Å². The van der Waals surface area contributed by atoms with Gasteiger partial charge in [0.15, 0.2) is 0 Å². The fraction of sp³-hybridized carbons (Fsp3) is 0.190. The lowest BCUT2D eigenvalue weighted by Gasteiger charge is -2.30. The van der Waals surface area contributed by atoms with Gasteiger partial charge in [0.2, 0.25) is 21.9 Å². The smallest absolute Gasteiger partial charge is 0.264 e. The number of halogens is 1. The molecule has 0 fully saturated rings. The number of sulfonamides is 2. The van der Waals surface area contributed by atoms with E-state index in [2.05, 4.69) is 20.0 Å². The average Bonchev–Trinajstić information content (AvgIpc) is 2.78. The topological polar surface area (TPSA) is 138 Å². The molecule has 2 aromatic carbocycles. The number of anilines is 3. The molecule has 0 radical (unpaired) electrons. The van der Waals surface area contributed by atoms with Gasteiger partial charge in [0.05, 0.1) is 16.8 Å². The second-order valence-corrected chi connectivity index (χ2v) is 10.7. The molecule has 180 valence electrons. The molecule has 3 aromatic rings. The highest BCUT2D eigenvalue weighted by molar-refractivity contribution is 7.92. The molecule has 0 saturated carbocycles. The summed E-state index contributed by atoms with van der Waals surface area (Å²) in [5.74, 6) is -1.27. The Morgan fingerprint density at radius 3 is 2.12 bits per heavy atom. The second-order valence-electron chi connectivity index (χ2n) is 7.15. The van der Waals surface area contributed by atoms with Crippen molar-refractivity contribution in [3.05, 3.63) is 72.8 Å². The first-order valence-electron chi connectivity index (χ1n) is 9.97. The Labute approximate surface area is 197 Å². The van der Waals surface area contributed by atoms with Crippen LogP contribution in [0, 0.1) is 5.82 Å². The van der Waals surface area contributed by atoms with E-state index < -0.39 is 37.8 Å². The summed E-state index contributed by atoms with van der Waals surface area (Å²) in [5.41, 5.74) is 0.396. The van der Waals surface area contributed by atoms with Crippen LogP contribution in [0.15, 0.2) is 71.9 Å². The first-order valence-corrected chi connectivity index (χ1v) is 13.3. The van der Waals surface area contributed by atoms with Crippen molar-refractivity contribution in [2.24, 2.45) is 0 Å². The molecule has 1 atom stereocenters. The molecule has 0 saturated heterocycles. The molecule has 13 heteroatoms. The van der Waals surface area contributed by atoms with Crippen molar-refractivity contribution in [1.29, 1.82) is 0 Å². The summed E-state index contributed by atoms with van der Waals surface area (Å²) in [6.45, 7) is 1.64. The van der Waals surface area contributed by atoms with E-state index in [-0.39, 0.29) is 28.6 Å². The maximum atomic E-state index is 13.3. The zero-order valence-electron chi connectivity index (χ0n) is 18.2. The summed E-state index contributed by atoms with van der Waals surface area (Å²) in [6, 6.07) is 10.5. The molecule has 0 aliphatic carbocycles. The van der Waals surface area contributed by atoms with E-state index in [0.29, 0.717) is 0 Å². The highest BCUT2D eigenvalue weighted by Crippen LogP contribution is 2.24. The van der Waals surface area contributed by atoms with Crippen molar-refractivity contribution in [1.82, 2.24) is 9.97 Å².